The molecule has 0 radical (unpaired) electrons. The zero-order chi connectivity index (χ0) is 27.5. The normalized spacial score (nSPS) is 21.6. The third-order valence-corrected chi connectivity index (χ3v) is 9.82. The SMILES string of the molecule is CCC(CCS(=O)(=O)C(C)(C)C)N1C(=O)[C@H](CC(=O)O)O[C@H](c2cccc(Cl)c2)[C@H]1c1ccc(Cl)cc1. The van der Waals surface area contributed by atoms with Crippen molar-refractivity contribution in [3.05, 3.63) is 69.7 Å². The van der Waals surface area contributed by atoms with E-state index in [1.807, 2.05) is 13.0 Å². The van der Waals surface area contributed by atoms with Crippen LogP contribution in [0, 0.1) is 0 Å². The number of morpholine rings is 1. The molecule has 1 fully saturated rings. The second kappa shape index (κ2) is 11.7. The first-order valence-electron chi connectivity index (χ1n) is 12.2. The maximum atomic E-state index is 13.8. The number of hydrogen-bond acceptors (Lipinski definition) is 5. The maximum Gasteiger partial charge on any atom is 0.306 e. The first-order chi connectivity index (χ1) is 17.2. The number of carbonyl (C=O) groups is 2. The average Bonchev–Trinajstić information content (AvgIpc) is 2.81. The Kier molecular flexibility index (Phi) is 9.32. The highest BCUT2D eigenvalue weighted by Gasteiger charge is 2.47. The summed E-state index contributed by atoms with van der Waals surface area (Å²) in [6.07, 6.45) is -1.82. The summed E-state index contributed by atoms with van der Waals surface area (Å²) in [5.74, 6) is -1.77. The summed E-state index contributed by atoms with van der Waals surface area (Å²) in [5.41, 5.74) is 1.41. The molecule has 2 aromatic carbocycles. The number of carboxylic acid groups (broad SMARTS) is 1. The van der Waals surface area contributed by atoms with Crippen molar-refractivity contribution in [2.75, 3.05) is 5.75 Å². The van der Waals surface area contributed by atoms with E-state index < -0.39 is 57.2 Å². The van der Waals surface area contributed by atoms with E-state index in [4.69, 9.17) is 27.9 Å². The Labute approximate surface area is 228 Å². The van der Waals surface area contributed by atoms with E-state index in [0.717, 1.165) is 5.56 Å². The minimum atomic E-state index is -3.45. The molecule has 37 heavy (non-hydrogen) atoms. The summed E-state index contributed by atoms with van der Waals surface area (Å²) in [7, 11) is -3.45. The molecule has 1 unspecified atom stereocenters. The van der Waals surface area contributed by atoms with Gasteiger partial charge in [-0.1, -0.05) is 54.4 Å². The van der Waals surface area contributed by atoms with E-state index >= 15 is 0 Å². The predicted molar refractivity (Wildman–Crippen MR) is 145 cm³/mol. The summed E-state index contributed by atoms with van der Waals surface area (Å²) < 4.78 is 31.1. The van der Waals surface area contributed by atoms with Gasteiger partial charge in [0.1, 0.15) is 12.2 Å². The molecule has 0 saturated carbocycles. The highest BCUT2D eigenvalue weighted by atomic mass is 35.5. The largest absolute Gasteiger partial charge is 0.481 e. The lowest BCUT2D eigenvalue weighted by Crippen LogP contribution is -2.55. The molecule has 0 spiro atoms. The fourth-order valence-corrected chi connectivity index (χ4v) is 6.06. The minimum Gasteiger partial charge on any atom is -0.481 e. The second-order valence-electron chi connectivity index (χ2n) is 10.2. The molecule has 202 valence electrons. The first kappa shape index (κ1) is 29.4. The minimum absolute atomic E-state index is 0.113. The summed E-state index contributed by atoms with van der Waals surface area (Å²) in [5, 5.41) is 10.5. The molecule has 1 aliphatic rings. The molecule has 3 rings (SSSR count). The number of halogens is 2. The van der Waals surface area contributed by atoms with Crippen molar-refractivity contribution in [3.63, 3.8) is 0 Å². The summed E-state index contributed by atoms with van der Waals surface area (Å²) in [4.78, 5) is 27.1. The van der Waals surface area contributed by atoms with Crippen LogP contribution < -0.4 is 0 Å². The Morgan fingerprint density at radius 2 is 1.73 bits per heavy atom. The molecule has 2 aromatic rings. The quantitative estimate of drug-likeness (QED) is 0.405. The summed E-state index contributed by atoms with van der Waals surface area (Å²) in [6.45, 7) is 6.84. The van der Waals surface area contributed by atoms with Crippen LogP contribution in [0.5, 0.6) is 0 Å². The molecule has 4 atom stereocenters. The standard InChI is InChI=1S/C27H33Cl2NO6S/c1-5-21(13-14-37(34,35)27(2,3)4)30-24(17-9-11-19(28)12-10-17)25(18-7-6-8-20(29)15-18)36-22(26(30)33)16-23(31)32/h6-12,15,21-22,24-25H,5,13-14,16H2,1-4H3,(H,31,32)/t21?,22-,24+,25+/m0/s1. The Bertz CT molecular complexity index is 1230. The van der Waals surface area contributed by atoms with Crippen molar-refractivity contribution in [2.45, 2.75) is 76.0 Å². The molecule has 7 nitrogen and oxygen atoms in total. The van der Waals surface area contributed by atoms with Gasteiger partial charge in [-0.25, -0.2) is 8.42 Å². The number of nitrogens with zero attached hydrogens (tertiary/aromatic N) is 1. The number of ether oxygens (including phenoxy) is 1. The lowest BCUT2D eigenvalue weighted by molar-refractivity contribution is -0.183. The highest BCUT2D eigenvalue weighted by Crippen LogP contribution is 2.45. The van der Waals surface area contributed by atoms with Gasteiger partial charge in [0.05, 0.1) is 23.0 Å². The number of rotatable bonds is 9. The number of benzene rings is 2. The Morgan fingerprint density at radius 1 is 1.08 bits per heavy atom. The maximum absolute atomic E-state index is 13.8. The molecule has 1 N–H and O–H groups in total. The second-order valence-corrected chi connectivity index (χ2v) is 14.0. The predicted octanol–water partition coefficient (Wildman–Crippen LogP) is 5.86. The van der Waals surface area contributed by atoms with Crippen molar-refractivity contribution >= 4 is 44.9 Å². The van der Waals surface area contributed by atoms with Gasteiger partial charge in [0.15, 0.2) is 9.84 Å². The van der Waals surface area contributed by atoms with Crippen LogP contribution in [0.3, 0.4) is 0 Å². The van der Waals surface area contributed by atoms with Gasteiger partial charge >= 0.3 is 5.97 Å². The van der Waals surface area contributed by atoms with Crippen molar-refractivity contribution in [1.82, 2.24) is 4.90 Å². The third kappa shape index (κ3) is 6.85. The molecule has 10 heteroatoms. The Morgan fingerprint density at radius 3 is 2.27 bits per heavy atom. The van der Waals surface area contributed by atoms with Crippen molar-refractivity contribution in [2.24, 2.45) is 0 Å². The van der Waals surface area contributed by atoms with E-state index in [9.17, 15) is 23.1 Å². The fraction of sp³-hybridized carbons (Fsp3) is 0.481. The van der Waals surface area contributed by atoms with Gasteiger partial charge in [-0.2, -0.15) is 0 Å². The van der Waals surface area contributed by atoms with Gasteiger partial charge in [-0.05, 0) is 69.0 Å². The number of carbonyl (C=O) groups excluding carboxylic acids is 1. The van der Waals surface area contributed by atoms with E-state index in [1.54, 1.807) is 68.1 Å². The Balaban J connectivity index is 2.14. The first-order valence-corrected chi connectivity index (χ1v) is 14.6. The monoisotopic (exact) mass is 569 g/mol. The number of amides is 1. The molecule has 0 aromatic heterocycles. The van der Waals surface area contributed by atoms with Crippen molar-refractivity contribution < 1.29 is 27.9 Å². The van der Waals surface area contributed by atoms with E-state index in [0.29, 0.717) is 22.0 Å². The molecular formula is C27H33Cl2NO6S. The molecule has 0 bridgehead atoms. The highest BCUT2D eigenvalue weighted by molar-refractivity contribution is 7.92. The molecule has 0 aliphatic carbocycles. The van der Waals surface area contributed by atoms with Crippen LogP contribution in [-0.2, 0) is 24.2 Å². The molecule has 1 aliphatic heterocycles. The van der Waals surface area contributed by atoms with E-state index in [-0.39, 0.29) is 12.2 Å². The summed E-state index contributed by atoms with van der Waals surface area (Å²) >= 11 is 12.4. The molecule has 1 heterocycles. The Hall–Kier alpha value is -2.13. The zero-order valence-electron chi connectivity index (χ0n) is 21.4. The smallest absolute Gasteiger partial charge is 0.306 e. The molecular weight excluding hydrogens is 537 g/mol. The van der Waals surface area contributed by atoms with Crippen LogP contribution in [0.1, 0.15) is 70.2 Å². The lowest BCUT2D eigenvalue weighted by Gasteiger charge is -2.48. The van der Waals surface area contributed by atoms with Crippen LogP contribution in [0.2, 0.25) is 10.0 Å². The van der Waals surface area contributed by atoms with Crippen LogP contribution in [-0.4, -0.2) is 52.9 Å². The number of hydrogen-bond donors (Lipinski definition) is 1. The van der Waals surface area contributed by atoms with Gasteiger partial charge in [0.2, 0.25) is 0 Å². The van der Waals surface area contributed by atoms with Crippen LogP contribution in [0.15, 0.2) is 48.5 Å². The average molecular weight is 571 g/mol. The molecule has 1 amide bonds. The van der Waals surface area contributed by atoms with Crippen LogP contribution >= 0.6 is 23.2 Å². The van der Waals surface area contributed by atoms with E-state index in [1.165, 1.54) is 0 Å². The lowest BCUT2D eigenvalue weighted by atomic mass is 9.89. The van der Waals surface area contributed by atoms with Gasteiger partial charge in [0.25, 0.3) is 5.91 Å². The number of sulfone groups is 1. The van der Waals surface area contributed by atoms with Crippen molar-refractivity contribution in [3.8, 4) is 0 Å². The summed E-state index contributed by atoms with van der Waals surface area (Å²) in [6, 6.07) is 12.9. The van der Waals surface area contributed by atoms with Gasteiger partial charge in [-0.15, -0.1) is 0 Å². The van der Waals surface area contributed by atoms with E-state index in [2.05, 4.69) is 0 Å². The van der Waals surface area contributed by atoms with Crippen LogP contribution in [0.25, 0.3) is 0 Å². The fourth-order valence-electron chi connectivity index (χ4n) is 4.54. The third-order valence-electron chi connectivity index (χ3n) is 6.69. The van der Waals surface area contributed by atoms with Crippen LogP contribution in [0.4, 0.5) is 0 Å². The number of aliphatic carboxylic acids is 1. The number of carboxylic acids is 1. The zero-order valence-corrected chi connectivity index (χ0v) is 23.7. The van der Waals surface area contributed by atoms with Gasteiger partial charge in [-0.3, -0.25) is 9.59 Å². The van der Waals surface area contributed by atoms with Gasteiger partial charge in [0, 0.05) is 16.1 Å². The van der Waals surface area contributed by atoms with Crippen molar-refractivity contribution in [1.29, 1.82) is 0 Å². The van der Waals surface area contributed by atoms with Gasteiger partial charge < -0.3 is 14.7 Å². The topological polar surface area (TPSA) is 101 Å². The molecule has 1 saturated heterocycles.